The molecule has 0 atom stereocenters. The first-order valence-electron chi connectivity index (χ1n) is 8.28. The average molecular weight is 324 g/mol. The van der Waals surface area contributed by atoms with Gasteiger partial charge in [0, 0.05) is 5.56 Å². The Morgan fingerprint density at radius 1 is 1.21 bits per heavy atom. The Kier molecular flexibility index (Phi) is 3.82. The van der Waals surface area contributed by atoms with Gasteiger partial charge in [0.25, 0.3) is 0 Å². The van der Waals surface area contributed by atoms with Crippen molar-refractivity contribution < 1.29 is 14.3 Å². The van der Waals surface area contributed by atoms with Crippen molar-refractivity contribution in [3.63, 3.8) is 0 Å². The number of benzene rings is 2. The Morgan fingerprint density at radius 3 is 2.75 bits per heavy atom. The zero-order valence-corrected chi connectivity index (χ0v) is 13.7. The van der Waals surface area contributed by atoms with Gasteiger partial charge < -0.3 is 9.47 Å². The standard InChI is InChI=1S/C19H20N2O3/c1-19(23-9-10-24-19)11-17(22)21-20-12-15-8-7-14-6-5-13-3-2-4-16(15)18(13)14/h2-4,7-8,12H,5-6,9-11H2,1H3,(H,21,22)/b20-12+. The predicted octanol–water partition coefficient (Wildman–Crippen LogP) is 2.54. The van der Waals surface area contributed by atoms with E-state index in [-0.39, 0.29) is 12.3 Å². The molecule has 4 rings (SSSR count). The summed E-state index contributed by atoms with van der Waals surface area (Å²) < 4.78 is 10.9. The van der Waals surface area contributed by atoms with E-state index in [1.807, 2.05) is 0 Å². The van der Waals surface area contributed by atoms with Crippen molar-refractivity contribution in [3.05, 3.63) is 47.0 Å². The van der Waals surface area contributed by atoms with Crippen molar-refractivity contribution in [3.8, 4) is 0 Å². The third kappa shape index (κ3) is 2.81. The van der Waals surface area contributed by atoms with E-state index in [0.29, 0.717) is 13.2 Å². The topological polar surface area (TPSA) is 59.9 Å². The van der Waals surface area contributed by atoms with Crippen molar-refractivity contribution in [2.45, 2.75) is 32.0 Å². The van der Waals surface area contributed by atoms with E-state index in [0.717, 1.165) is 18.4 Å². The van der Waals surface area contributed by atoms with E-state index in [1.54, 1.807) is 13.1 Å². The minimum atomic E-state index is -0.832. The van der Waals surface area contributed by atoms with Gasteiger partial charge in [-0.3, -0.25) is 4.79 Å². The molecule has 124 valence electrons. The summed E-state index contributed by atoms with van der Waals surface area (Å²) in [5.41, 5.74) is 6.36. The summed E-state index contributed by atoms with van der Waals surface area (Å²) in [6, 6.07) is 10.6. The number of nitrogens with one attached hydrogen (secondary N) is 1. The summed E-state index contributed by atoms with van der Waals surface area (Å²) in [6.07, 6.45) is 4.04. The highest BCUT2D eigenvalue weighted by Crippen LogP contribution is 2.32. The molecule has 0 aromatic heterocycles. The number of aryl methyl sites for hydroxylation is 2. The number of hydrogen-bond donors (Lipinski definition) is 1. The Bertz CT molecular complexity index is 812. The highest BCUT2D eigenvalue weighted by Gasteiger charge is 2.33. The van der Waals surface area contributed by atoms with Crippen LogP contribution in [-0.2, 0) is 27.1 Å². The Hall–Kier alpha value is -2.24. The lowest BCUT2D eigenvalue weighted by Crippen LogP contribution is -2.33. The fourth-order valence-corrected chi connectivity index (χ4v) is 3.55. The molecule has 1 saturated heterocycles. The van der Waals surface area contributed by atoms with Crippen LogP contribution >= 0.6 is 0 Å². The first-order valence-corrected chi connectivity index (χ1v) is 8.28. The summed E-state index contributed by atoms with van der Waals surface area (Å²) in [7, 11) is 0. The van der Waals surface area contributed by atoms with Crippen LogP contribution < -0.4 is 5.43 Å². The van der Waals surface area contributed by atoms with Crippen LogP contribution in [0.1, 0.15) is 30.0 Å². The lowest BCUT2D eigenvalue weighted by Gasteiger charge is -2.20. The van der Waals surface area contributed by atoms with Gasteiger partial charge in [0.1, 0.15) is 0 Å². The van der Waals surface area contributed by atoms with Gasteiger partial charge in [-0.15, -0.1) is 0 Å². The van der Waals surface area contributed by atoms with Crippen LogP contribution in [0.5, 0.6) is 0 Å². The number of carbonyl (C=O) groups is 1. The number of ether oxygens (including phenoxy) is 2. The van der Waals surface area contributed by atoms with Gasteiger partial charge in [0.05, 0.1) is 25.8 Å². The molecule has 0 unspecified atom stereocenters. The van der Waals surface area contributed by atoms with Crippen molar-refractivity contribution >= 4 is 22.9 Å². The molecule has 1 fully saturated rings. The summed E-state index contributed by atoms with van der Waals surface area (Å²) in [5.74, 6) is -1.05. The third-order valence-corrected chi connectivity index (χ3v) is 4.68. The molecule has 2 aromatic rings. The molecular formula is C19H20N2O3. The van der Waals surface area contributed by atoms with Crippen LogP contribution in [0.3, 0.4) is 0 Å². The molecule has 0 saturated carbocycles. The van der Waals surface area contributed by atoms with E-state index in [1.165, 1.54) is 21.9 Å². The van der Waals surface area contributed by atoms with Gasteiger partial charge >= 0.3 is 0 Å². The molecule has 1 aliphatic heterocycles. The first-order chi connectivity index (χ1) is 11.6. The molecule has 1 aliphatic carbocycles. The van der Waals surface area contributed by atoms with E-state index >= 15 is 0 Å². The minimum absolute atomic E-state index is 0.133. The van der Waals surface area contributed by atoms with E-state index in [4.69, 9.17) is 9.47 Å². The molecule has 5 nitrogen and oxygen atoms in total. The number of rotatable bonds is 4. The molecule has 24 heavy (non-hydrogen) atoms. The lowest BCUT2D eigenvalue weighted by molar-refractivity contribution is -0.159. The smallest absolute Gasteiger partial charge is 0.245 e. The Morgan fingerprint density at radius 2 is 1.96 bits per heavy atom. The maximum atomic E-state index is 12.0. The maximum Gasteiger partial charge on any atom is 0.245 e. The van der Waals surface area contributed by atoms with Gasteiger partial charge in [-0.05, 0) is 41.7 Å². The number of amides is 1. The molecule has 2 aliphatic rings. The highest BCUT2D eigenvalue weighted by molar-refractivity contribution is 6.03. The van der Waals surface area contributed by atoms with Gasteiger partial charge in [0.2, 0.25) is 5.91 Å². The quantitative estimate of drug-likeness (QED) is 0.694. The van der Waals surface area contributed by atoms with E-state index in [9.17, 15) is 4.79 Å². The fourth-order valence-electron chi connectivity index (χ4n) is 3.55. The normalized spacial score (nSPS) is 18.5. The van der Waals surface area contributed by atoms with Gasteiger partial charge in [-0.25, -0.2) is 5.43 Å². The molecule has 0 bridgehead atoms. The number of hydrogen-bond acceptors (Lipinski definition) is 4. The van der Waals surface area contributed by atoms with E-state index < -0.39 is 5.79 Å². The van der Waals surface area contributed by atoms with Crippen LogP contribution in [0.4, 0.5) is 0 Å². The minimum Gasteiger partial charge on any atom is -0.347 e. The predicted molar refractivity (Wildman–Crippen MR) is 92.0 cm³/mol. The molecule has 1 heterocycles. The second-order valence-corrected chi connectivity index (χ2v) is 6.45. The monoisotopic (exact) mass is 324 g/mol. The van der Waals surface area contributed by atoms with Crippen molar-refractivity contribution in [2.24, 2.45) is 5.10 Å². The van der Waals surface area contributed by atoms with Crippen LogP contribution in [0.15, 0.2) is 35.4 Å². The van der Waals surface area contributed by atoms with Gasteiger partial charge in [0.15, 0.2) is 5.79 Å². The van der Waals surface area contributed by atoms with Crippen LogP contribution in [-0.4, -0.2) is 31.1 Å². The summed E-state index contributed by atoms with van der Waals surface area (Å²) in [6.45, 7) is 2.81. The van der Waals surface area contributed by atoms with Crippen LogP contribution in [0, 0.1) is 0 Å². The van der Waals surface area contributed by atoms with E-state index in [2.05, 4.69) is 40.9 Å². The molecule has 2 aromatic carbocycles. The Labute approximate surface area is 140 Å². The zero-order chi connectivity index (χ0) is 16.6. The highest BCUT2D eigenvalue weighted by atomic mass is 16.7. The second kappa shape index (κ2) is 6.00. The van der Waals surface area contributed by atoms with Crippen molar-refractivity contribution in [1.82, 2.24) is 5.43 Å². The maximum absolute atomic E-state index is 12.0. The summed E-state index contributed by atoms with van der Waals surface area (Å²) in [5, 5.41) is 6.64. The number of nitrogens with zero attached hydrogens (tertiary/aromatic N) is 1. The first kappa shape index (κ1) is 15.3. The molecule has 0 radical (unpaired) electrons. The molecule has 1 amide bonds. The molecule has 1 N–H and O–H groups in total. The van der Waals surface area contributed by atoms with Crippen LogP contribution in [0.2, 0.25) is 0 Å². The summed E-state index contributed by atoms with van der Waals surface area (Å²) >= 11 is 0. The average Bonchev–Trinajstić information content (AvgIpc) is 3.17. The van der Waals surface area contributed by atoms with Crippen molar-refractivity contribution in [2.75, 3.05) is 13.2 Å². The third-order valence-electron chi connectivity index (χ3n) is 4.68. The number of carbonyl (C=O) groups excluding carboxylic acids is 1. The second-order valence-electron chi connectivity index (χ2n) is 6.45. The zero-order valence-electron chi connectivity index (χ0n) is 13.7. The Balaban J connectivity index is 1.49. The summed E-state index contributed by atoms with van der Waals surface area (Å²) in [4.78, 5) is 12.0. The van der Waals surface area contributed by atoms with Gasteiger partial charge in [-0.2, -0.15) is 5.10 Å². The molecule has 5 heteroatoms. The lowest BCUT2D eigenvalue weighted by atomic mass is 10.0. The number of hydrazone groups is 1. The largest absolute Gasteiger partial charge is 0.347 e. The van der Waals surface area contributed by atoms with Crippen LogP contribution in [0.25, 0.3) is 10.8 Å². The molecule has 0 spiro atoms. The van der Waals surface area contributed by atoms with Gasteiger partial charge in [-0.1, -0.05) is 30.3 Å². The van der Waals surface area contributed by atoms with Crippen molar-refractivity contribution in [1.29, 1.82) is 0 Å². The fraction of sp³-hybridized carbons (Fsp3) is 0.368. The molecular weight excluding hydrogens is 304 g/mol. The SMILES string of the molecule is CC1(CC(=O)N/N=C/c2ccc3c4c(cccc24)CC3)OCCO1.